The smallest absolute Gasteiger partial charge is 0.305 e. The molecule has 0 atom stereocenters. The van der Waals surface area contributed by atoms with Crippen LogP contribution in [-0.4, -0.2) is 47.4 Å². The average molecular weight is 320 g/mol. The van der Waals surface area contributed by atoms with Gasteiger partial charge in [-0.2, -0.15) is 0 Å². The largest absolute Gasteiger partial charge is 0.481 e. The number of carbonyl (C=O) groups excluding carboxylic acids is 2. The van der Waals surface area contributed by atoms with Gasteiger partial charge in [0.25, 0.3) is 11.8 Å². The van der Waals surface area contributed by atoms with Gasteiger partial charge in [0, 0.05) is 30.8 Å². The van der Waals surface area contributed by atoms with E-state index in [9.17, 15) is 14.4 Å². The van der Waals surface area contributed by atoms with Crippen molar-refractivity contribution in [3.05, 3.63) is 35.4 Å². The summed E-state index contributed by atoms with van der Waals surface area (Å²) < 4.78 is 0. The summed E-state index contributed by atoms with van der Waals surface area (Å²) in [7, 11) is 0. The number of carboxylic acid groups (broad SMARTS) is 1. The summed E-state index contributed by atoms with van der Waals surface area (Å²) in [6, 6.07) is 6.51. The van der Waals surface area contributed by atoms with Gasteiger partial charge in [0.05, 0.1) is 6.42 Å². The first-order chi connectivity index (χ1) is 11.0. The van der Waals surface area contributed by atoms with Crippen LogP contribution in [-0.2, 0) is 4.79 Å². The van der Waals surface area contributed by atoms with Crippen LogP contribution in [0.4, 0.5) is 0 Å². The Kier molecular flexibility index (Phi) is 7.80. The second-order valence-electron chi connectivity index (χ2n) is 5.27. The van der Waals surface area contributed by atoms with Gasteiger partial charge in [-0.25, -0.2) is 0 Å². The van der Waals surface area contributed by atoms with Crippen LogP contribution in [0.15, 0.2) is 24.3 Å². The Morgan fingerprint density at radius 2 is 1.70 bits per heavy atom. The lowest BCUT2D eigenvalue weighted by Crippen LogP contribution is -2.33. The first-order valence-electron chi connectivity index (χ1n) is 7.88. The van der Waals surface area contributed by atoms with Gasteiger partial charge in [-0.05, 0) is 31.0 Å². The highest BCUT2D eigenvalue weighted by molar-refractivity contribution is 5.99. The second-order valence-corrected chi connectivity index (χ2v) is 5.27. The molecule has 126 valence electrons. The van der Waals surface area contributed by atoms with Crippen molar-refractivity contribution in [1.82, 2.24) is 10.2 Å². The van der Waals surface area contributed by atoms with Crippen LogP contribution in [0.25, 0.3) is 0 Å². The van der Waals surface area contributed by atoms with Crippen molar-refractivity contribution in [2.45, 2.75) is 33.1 Å². The molecule has 2 N–H and O–H groups in total. The van der Waals surface area contributed by atoms with Gasteiger partial charge >= 0.3 is 5.97 Å². The summed E-state index contributed by atoms with van der Waals surface area (Å²) in [5.41, 5.74) is 0.826. The highest BCUT2D eigenvalue weighted by Crippen LogP contribution is 2.10. The van der Waals surface area contributed by atoms with Crippen LogP contribution in [0.2, 0.25) is 0 Å². The van der Waals surface area contributed by atoms with E-state index in [1.807, 2.05) is 13.8 Å². The van der Waals surface area contributed by atoms with Gasteiger partial charge in [0.2, 0.25) is 0 Å². The number of carbonyl (C=O) groups is 3. The van der Waals surface area contributed by atoms with Gasteiger partial charge in [0.1, 0.15) is 0 Å². The lowest BCUT2D eigenvalue weighted by molar-refractivity contribution is -0.136. The van der Waals surface area contributed by atoms with Crippen molar-refractivity contribution in [3.63, 3.8) is 0 Å². The number of hydrogen-bond acceptors (Lipinski definition) is 3. The summed E-state index contributed by atoms with van der Waals surface area (Å²) in [5.74, 6) is -1.43. The molecule has 0 unspecified atom stereocenters. The maximum Gasteiger partial charge on any atom is 0.305 e. The molecule has 0 saturated heterocycles. The number of nitrogens with one attached hydrogen (secondary N) is 1. The lowest BCUT2D eigenvalue weighted by Gasteiger charge is -2.21. The molecule has 0 radical (unpaired) electrons. The van der Waals surface area contributed by atoms with Crippen LogP contribution in [0, 0.1) is 0 Å². The standard InChI is InChI=1S/C17H24N2O4/c1-3-10-19(11-4-2)17(23)14-7-5-6-13(12-14)16(22)18-9-8-15(20)21/h5-7,12H,3-4,8-11H2,1-2H3,(H,18,22)(H,20,21). The summed E-state index contributed by atoms with van der Waals surface area (Å²) in [5, 5.41) is 11.1. The summed E-state index contributed by atoms with van der Waals surface area (Å²) in [6.45, 7) is 5.46. The Balaban J connectivity index is 2.80. The van der Waals surface area contributed by atoms with E-state index >= 15 is 0 Å². The lowest BCUT2D eigenvalue weighted by atomic mass is 10.1. The number of nitrogens with zero attached hydrogens (tertiary/aromatic N) is 1. The molecule has 6 heteroatoms. The molecule has 1 aromatic carbocycles. The maximum atomic E-state index is 12.5. The van der Waals surface area contributed by atoms with E-state index in [0.29, 0.717) is 24.2 Å². The van der Waals surface area contributed by atoms with Crippen molar-refractivity contribution in [2.75, 3.05) is 19.6 Å². The third-order valence-corrected chi connectivity index (χ3v) is 3.27. The molecular formula is C17H24N2O4. The highest BCUT2D eigenvalue weighted by Gasteiger charge is 2.16. The Hall–Kier alpha value is -2.37. The minimum atomic E-state index is -0.969. The zero-order valence-electron chi connectivity index (χ0n) is 13.7. The molecule has 0 aliphatic rings. The van der Waals surface area contributed by atoms with Gasteiger partial charge in [0.15, 0.2) is 0 Å². The Morgan fingerprint density at radius 3 is 2.26 bits per heavy atom. The first kappa shape index (κ1) is 18.7. The van der Waals surface area contributed by atoms with Gasteiger partial charge < -0.3 is 15.3 Å². The van der Waals surface area contributed by atoms with Gasteiger partial charge in [-0.1, -0.05) is 19.9 Å². The molecule has 6 nitrogen and oxygen atoms in total. The number of amides is 2. The molecule has 1 rings (SSSR count). The van der Waals surface area contributed by atoms with E-state index < -0.39 is 5.97 Å². The molecule has 0 saturated carbocycles. The Bertz CT molecular complexity index is 551. The molecular weight excluding hydrogens is 296 g/mol. The van der Waals surface area contributed by atoms with E-state index in [1.54, 1.807) is 29.2 Å². The minimum absolute atomic E-state index is 0.0597. The molecule has 0 aliphatic carbocycles. The normalized spacial score (nSPS) is 10.2. The number of carboxylic acids is 1. The van der Waals surface area contributed by atoms with Crippen molar-refractivity contribution in [2.24, 2.45) is 0 Å². The molecule has 0 spiro atoms. The van der Waals surface area contributed by atoms with E-state index in [2.05, 4.69) is 5.32 Å². The number of aliphatic carboxylic acids is 1. The molecule has 0 bridgehead atoms. The van der Waals surface area contributed by atoms with Crippen molar-refractivity contribution >= 4 is 17.8 Å². The number of hydrogen-bond donors (Lipinski definition) is 2. The van der Waals surface area contributed by atoms with Crippen molar-refractivity contribution in [1.29, 1.82) is 0 Å². The fourth-order valence-electron chi connectivity index (χ4n) is 2.22. The minimum Gasteiger partial charge on any atom is -0.481 e. The molecule has 0 aliphatic heterocycles. The Morgan fingerprint density at radius 1 is 1.09 bits per heavy atom. The molecule has 1 aromatic rings. The van der Waals surface area contributed by atoms with E-state index in [4.69, 9.17) is 5.11 Å². The SMILES string of the molecule is CCCN(CCC)C(=O)c1cccc(C(=O)NCCC(=O)O)c1. The van der Waals surface area contributed by atoms with Gasteiger partial charge in [-0.3, -0.25) is 14.4 Å². The molecule has 23 heavy (non-hydrogen) atoms. The van der Waals surface area contributed by atoms with Crippen LogP contribution in [0.1, 0.15) is 53.8 Å². The molecule has 2 amide bonds. The summed E-state index contributed by atoms with van der Waals surface area (Å²) >= 11 is 0. The van der Waals surface area contributed by atoms with Crippen LogP contribution < -0.4 is 5.32 Å². The van der Waals surface area contributed by atoms with E-state index in [0.717, 1.165) is 12.8 Å². The van der Waals surface area contributed by atoms with Crippen molar-refractivity contribution in [3.8, 4) is 0 Å². The Labute approximate surface area is 136 Å². The highest BCUT2D eigenvalue weighted by atomic mass is 16.4. The van der Waals surface area contributed by atoms with Crippen LogP contribution in [0.5, 0.6) is 0 Å². The molecule has 0 fully saturated rings. The van der Waals surface area contributed by atoms with Crippen molar-refractivity contribution < 1.29 is 19.5 Å². The summed E-state index contributed by atoms with van der Waals surface area (Å²) in [6.07, 6.45) is 1.62. The van der Waals surface area contributed by atoms with E-state index in [1.165, 1.54) is 0 Å². The fraction of sp³-hybridized carbons (Fsp3) is 0.471. The topological polar surface area (TPSA) is 86.7 Å². The number of rotatable bonds is 9. The average Bonchev–Trinajstić information content (AvgIpc) is 2.53. The fourth-order valence-corrected chi connectivity index (χ4v) is 2.22. The third-order valence-electron chi connectivity index (χ3n) is 3.27. The molecule has 0 aromatic heterocycles. The second kappa shape index (κ2) is 9.61. The zero-order chi connectivity index (χ0) is 17.2. The predicted octanol–water partition coefficient (Wildman–Crippen LogP) is 2.15. The van der Waals surface area contributed by atoms with Crippen LogP contribution in [0.3, 0.4) is 0 Å². The first-order valence-corrected chi connectivity index (χ1v) is 7.88. The zero-order valence-corrected chi connectivity index (χ0v) is 13.7. The quantitative estimate of drug-likeness (QED) is 0.730. The monoisotopic (exact) mass is 320 g/mol. The third kappa shape index (κ3) is 6.10. The van der Waals surface area contributed by atoms with Gasteiger partial charge in [-0.15, -0.1) is 0 Å². The molecule has 0 heterocycles. The maximum absolute atomic E-state index is 12.5. The van der Waals surface area contributed by atoms with Crippen LogP contribution >= 0.6 is 0 Å². The summed E-state index contributed by atoms with van der Waals surface area (Å²) in [4.78, 5) is 36.7. The van der Waals surface area contributed by atoms with E-state index in [-0.39, 0.29) is 24.8 Å². The predicted molar refractivity (Wildman–Crippen MR) is 87.5 cm³/mol. The number of benzene rings is 1.